The Balaban J connectivity index is 2.32. The molecule has 1 aliphatic rings. The summed E-state index contributed by atoms with van der Waals surface area (Å²) in [6, 6.07) is 0.889. The molecular formula is C15H30N2O3. The lowest BCUT2D eigenvalue weighted by molar-refractivity contribution is -0.138. The van der Waals surface area contributed by atoms with Crippen LogP contribution in [0.15, 0.2) is 0 Å². The fourth-order valence-corrected chi connectivity index (χ4v) is 2.61. The minimum Gasteiger partial charge on any atom is -0.385 e. The number of ether oxygens (including phenoxy) is 2. The Morgan fingerprint density at radius 1 is 1.45 bits per heavy atom. The highest BCUT2D eigenvalue weighted by Gasteiger charge is 2.30. The van der Waals surface area contributed by atoms with Crippen molar-refractivity contribution in [2.75, 3.05) is 20.3 Å². The lowest BCUT2D eigenvalue weighted by Crippen LogP contribution is -2.52. The lowest BCUT2D eigenvalue weighted by Gasteiger charge is -2.36. The van der Waals surface area contributed by atoms with Crippen LogP contribution in [-0.2, 0) is 14.3 Å². The van der Waals surface area contributed by atoms with Gasteiger partial charge >= 0.3 is 0 Å². The number of methoxy groups -OCH3 is 1. The van der Waals surface area contributed by atoms with Crippen LogP contribution in [0.25, 0.3) is 0 Å². The van der Waals surface area contributed by atoms with E-state index in [2.05, 4.69) is 24.5 Å². The maximum absolute atomic E-state index is 11.9. The zero-order valence-corrected chi connectivity index (χ0v) is 13.3. The first kappa shape index (κ1) is 17.4. The van der Waals surface area contributed by atoms with Crippen molar-refractivity contribution >= 4 is 5.91 Å². The Morgan fingerprint density at radius 3 is 2.85 bits per heavy atom. The number of hydrogen-bond acceptors (Lipinski definition) is 4. The van der Waals surface area contributed by atoms with Crippen molar-refractivity contribution in [3.63, 3.8) is 0 Å². The quantitative estimate of drug-likeness (QED) is 0.663. The van der Waals surface area contributed by atoms with Crippen LogP contribution in [0.5, 0.6) is 0 Å². The summed E-state index contributed by atoms with van der Waals surface area (Å²) in [7, 11) is 1.66. The highest BCUT2D eigenvalue weighted by atomic mass is 16.5. The van der Waals surface area contributed by atoms with Crippen LogP contribution >= 0.6 is 0 Å². The number of nitrogens with one attached hydrogen (secondary N) is 2. The second kappa shape index (κ2) is 9.32. The van der Waals surface area contributed by atoms with Gasteiger partial charge in [0.1, 0.15) is 6.10 Å². The number of rotatable bonds is 8. The summed E-state index contributed by atoms with van der Waals surface area (Å²) in [6.07, 6.45) is 3.71. The summed E-state index contributed by atoms with van der Waals surface area (Å²) in [6.45, 7) is 7.48. The summed E-state index contributed by atoms with van der Waals surface area (Å²) in [5.41, 5.74) is 0. The summed E-state index contributed by atoms with van der Waals surface area (Å²) in [5, 5.41) is 6.43. The van der Waals surface area contributed by atoms with E-state index < -0.39 is 6.10 Å². The first-order valence-corrected chi connectivity index (χ1v) is 7.76. The van der Waals surface area contributed by atoms with Crippen molar-refractivity contribution in [3.05, 3.63) is 0 Å². The van der Waals surface area contributed by atoms with Crippen molar-refractivity contribution < 1.29 is 14.3 Å². The van der Waals surface area contributed by atoms with E-state index in [0.717, 1.165) is 25.7 Å². The van der Waals surface area contributed by atoms with E-state index in [4.69, 9.17) is 9.47 Å². The van der Waals surface area contributed by atoms with Gasteiger partial charge in [0.05, 0.1) is 6.10 Å². The van der Waals surface area contributed by atoms with Crippen molar-refractivity contribution in [1.29, 1.82) is 0 Å². The topological polar surface area (TPSA) is 59.6 Å². The van der Waals surface area contributed by atoms with Gasteiger partial charge in [-0.3, -0.25) is 4.79 Å². The summed E-state index contributed by atoms with van der Waals surface area (Å²) in [4.78, 5) is 11.9. The van der Waals surface area contributed by atoms with Crippen LogP contribution < -0.4 is 10.6 Å². The molecule has 1 heterocycles. The Bertz CT molecular complexity index is 286. The first-order chi connectivity index (χ1) is 9.58. The fraction of sp³-hybridized carbons (Fsp3) is 0.933. The van der Waals surface area contributed by atoms with Crippen LogP contribution in [0.1, 0.15) is 46.5 Å². The van der Waals surface area contributed by atoms with E-state index in [1.165, 1.54) is 0 Å². The smallest absolute Gasteiger partial charge is 0.248 e. The Morgan fingerprint density at radius 2 is 2.20 bits per heavy atom. The van der Waals surface area contributed by atoms with Gasteiger partial charge in [0.15, 0.2) is 0 Å². The standard InChI is InChI=1S/C15H30N2O3/c1-5-13-14(8-7-11(2)17-13)20-12(3)15(18)16-9-6-10-19-4/h11-14,17H,5-10H2,1-4H3,(H,16,18). The van der Waals surface area contributed by atoms with Crippen molar-refractivity contribution in [1.82, 2.24) is 10.6 Å². The highest BCUT2D eigenvalue weighted by Crippen LogP contribution is 2.20. The van der Waals surface area contributed by atoms with E-state index >= 15 is 0 Å². The summed E-state index contributed by atoms with van der Waals surface area (Å²) >= 11 is 0. The normalized spacial score (nSPS) is 28.1. The molecule has 0 spiro atoms. The molecule has 1 aliphatic heterocycles. The van der Waals surface area contributed by atoms with Crippen LogP contribution in [0, 0.1) is 0 Å². The van der Waals surface area contributed by atoms with E-state index in [1.54, 1.807) is 7.11 Å². The van der Waals surface area contributed by atoms with E-state index in [9.17, 15) is 4.79 Å². The molecule has 0 aromatic carbocycles. The second-order valence-corrected chi connectivity index (χ2v) is 5.61. The highest BCUT2D eigenvalue weighted by molar-refractivity contribution is 5.80. The van der Waals surface area contributed by atoms with Crippen LogP contribution in [-0.4, -0.2) is 50.5 Å². The molecule has 1 fully saturated rings. The predicted molar refractivity (Wildman–Crippen MR) is 79.7 cm³/mol. The zero-order chi connectivity index (χ0) is 15.0. The maximum atomic E-state index is 11.9. The number of carbonyl (C=O) groups is 1. The minimum atomic E-state index is -0.396. The lowest BCUT2D eigenvalue weighted by atomic mass is 9.94. The van der Waals surface area contributed by atoms with Gasteiger partial charge in [-0.25, -0.2) is 0 Å². The van der Waals surface area contributed by atoms with Crippen molar-refractivity contribution in [3.8, 4) is 0 Å². The Kier molecular flexibility index (Phi) is 8.11. The van der Waals surface area contributed by atoms with Gasteiger partial charge in [-0.05, 0) is 39.5 Å². The van der Waals surface area contributed by atoms with E-state index in [1.807, 2.05) is 6.92 Å². The molecule has 2 N–H and O–H groups in total. The average Bonchev–Trinajstić information content (AvgIpc) is 2.45. The molecule has 0 aliphatic carbocycles. The molecule has 1 rings (SSSR count). The predicted octanol–water partition coefficient (Wildman–Crippen LogP) is 1.46. The monoisotopic (exact) mass is 286 g/mol. The van der Waals surface area contributed by atoms with E-state index in [-0.39, 0.29) is 12.0 Å². The average molecular weight is 286 g/mol. The Labute approximate surface area is 122 Å². The van der Waals surface area contributed by atoms with Crippen LogP contribution in [0.2, 0.25) is 0 Å². The second-order valence-electron chi connectivity index (χ2n) is 5.61. The number of piperidine rings is 1. The maximum Gasteiger partial charge on any atom is 0.248 e. The number of amides is 1. The molecular weight excluding hydrogens is 256 g/mol. The Hall–Kier alpha value is -0.650. The molecule has 1 saturated heterocycles. The minimum absolute atomic E-state index is 0.0328. The molecule has 0 aromatic heterocycles. The van der Waals surface area contributed by atoms with Crippen LogP contribution in [0.3, 0.4) is 0 Å². The third-order valence-corrected chi connectivity index (χ3v) is 3.84. The largest absolute Gasteiger partial charge is 0.385 e. The third kappa shape index (κ3) is 5.77. The molecule has 0 bridgehead atoms. The molecule has 0 radical (unpaired) electrons. The fourth-order valence-electron chi connectivity index (χ4n) is 2.61. The van der Waals surface area contributed by atoms with Crippen LogP contribution in [0.4, 0.5) is 0 Å². The van der Waals surface area contributed by atoms with Gasteiger partial charge in [-0.15, -0.1) is 0 Å². The van der Waals surface area contributed by atoms with Crippen molar-refractivity contribution in [2.24, 2.45) is 0 Å². The molecule has 0 saturated carbocycles. The molecule has 118 valence electrons. The van der Waals surface area contributed by atoms with Crippen molar-refractivity contribution in [2.45, 2.75) is 70.7 Å². The van der Waals surface area contributed by atoms with E-state index in [0.29, 0.717) is 25.2 Å². The number of hydrogen-bond donors (Lipinski definition) is 2. The van der Waals surface area contributed by atoms with Gasteiger partial charge in [-0.1, -0.05) is 6.92 Å². The molecule has 0 aromatic rings. The first-order valence-electron chi connectivity index (χ1n) is 7.76. The van der Waals surface area contributed by atoms with Gasteiger partial charge in [0, 0.05) is 32.3 Å². The summed E-state index contributed by atoms with van der Waals surface area (Å²) < 4.78 is 10.9. The zero-order valence-electron chi connectivity index (χ0n) is 13.3. The molecule has 1 amide bonds. The molecule has 5 nitrogen and oxygen atoms in total. The van der Waals surface area contributed by atoms with Gasteiger partial charge in [0.25, 0.3) is 0 Å². The van der Waals surface area contributed by atoms with Gasteiger partial charge in [0.2, 0.25) is 5.91 Å². The number of carbonyl (C=O) groups excluding carboxylic acids is 1. The van der Waals surface area contributed by atoms with Gasteiger partial charge in [-0.2, -0.15) is 0 Å². The molecule has 4 atom stereocenters. The molecule has 20 heavy (non-hydrogen) atoms. The molecule has 4 unspecified atom stereocenters. The molecule has 5 heteroatoms. The summed E-state index contributed by atoms with van der Waals surface area (Å²) in [5.74, 6) is -0.0328. The van der Waals surface area contributed by atoms with Gasteiger partial charge < -0.3 is 20.1 Å². The SMILES string of the molecule is CCC1NC(C)CCC1OC(C)C(=O)NCCCOC. The third-order valence-electron chi connectivity index (χ3n) is 3.84.